The Labute approximate surface area is 167 Å². The van der Waals surface area contributed by atoms with Crippen molar-refractivity contribution < 1.29 is 9.47 Å². The van der Waals surface area contributed by atoms with Crippen molar-refractivity contribution in [2.45, 2.75) is 37.6 Å². The van der Waals surface area contributed by atoms with Crippen molar-refractivity contribution in [2.24, 2.45) is 0 Å². The van der Waals surface area contributed by atoms with Crippen LogP contribution in [0.5, 0.6) is 0 Å². The number of rotatable bonds is 8. The lowest BCUT2D eigenvalue weighted by Gasteiger charge is -2.37. The largest absolute Gasteiger partial charge is 0.349 e. The lowest BCUT2D eigenvalue weighted by Crippen LogP contribution is -2.34. The van der Waals surface area contributed by atoms with Crippen molar-refractivity contribution in [3.63, 3.8) is 0 Å². The highest BCUT2D eigenvalue weighted by Gasteiger charge is 2.44. The van der Waals surface area contributed by atoms with Crippen molar-refractivity contribution in [3.8, 4) is 23.7 Å². The number of hydrogen-bond acceptors (Lipinski definition) is 3. The summed E-state index contributed by atoms with van der Waals surface area (Å²) in [5.74, 6) is 12.7. The van der Waals surface area contributed by atoms with Gasteiger partial charge in [-0.2, -0.15) is 0 Å². The summed E-state index contributed by atoms with van der Waals surface area (Å²) in [4.78, 5) is -1.78. The summed E-state index contributed by atoms with van der Waals surface area (Å²) in [6, 6.07) is 20.1. The Balaban J connectivity index is 2.68. The zero-order chi connectivity index (χ0) is 19.6. The van der Waals surface area contributed by atoms with Crippen LogP contribution in [-0.4, -0.2) is 13.2 Å². The molecule has 0 fully saturated rings. The van der Waals surface area contributed by atoms with E-state index in [0.29, 0.717) is 13.2 Å². The fourth-order valence-corrected chi connectivity index (χ4v) is 4.44. The Hall–Kier alpha value is -2.17. The molecule has 0 saturated heterocycles. The Morgan fingerprint density at radius 3 is 1.37 bits per heavy atom. The highest BCUT2D eigenvalue weighted by Crippen LogP contribution is 2.50. The Morgan fingerprint density at radius 1 is 0.704 bits per heavy atom. The molecular formula is C24H26O2S. The summed E-state index contributed by atoms with van der Waals surface area (Å²) in [5.41, 5.74) is 1.95. The van der Waals surface area contributed by atoms with Crippen LogP contribution in [0.1, 0.15) is 38.8 Å². The van der Waals surface area contributed by atoms with Gasteiger partial charge in [0, 0.05) is 24.3 Å². The molecule has 0 spiro atoms. The summed E-state index contributed by atoms with van der Waals surface area (Å²) in [7, 11) is 0. The average Bonchev–Trinajstić information content (AvgIpc) is 2.70. The molecule has 3 heteroatoms. The van der Waals surface area contributed by atoms with E-state index in [0.717, 1.165) is 11.1 Å². The lowest BCUT2D eigenvalue weighted by molar-refractivity contribution is 0.0498. The molecule has 0 aliphatic heterocycles. The zero-order valence-corrected chi connectivity index (χ0v) is 17.2. The topological polar surface area (TPSA) is 18.5 Å². The van der Waals surface area contributed by atoms with E-state index in [1.807, 2.05) is 88.4 Å². The van der Waals surface area contributed by atoms with Crippen LogP contribution in [0.4, 0.5) is 0 Å². The zero-order valence-electron chi connectivity index (χ0n) is 16.4. The van der Waals surface area contributed by atoms with E-state index in [2.05, 4.69) is 23.7 Å². The third-order valence-electron chi connectivity index (χ3n) is 3.87. The first-order valence-corrected chi connectivity index (χ1v) is 9.95. The predicted molar refractivity (Wildman–Crippen MR) is 114 cm³/mol. The maximum atomic E-state index is 6.27. The molecule has 2 atom stereocenters. The molecule has 0 bridgehead atoms. The Bertz CT molecular complexity index is 755. The third kappa shape index (κ3) is 4.96. The van der Waals surface area contributed by atoms with E-state index < -0.39 is 9.87 Å². The van der Waals surface area contributed by atoms with Gasteiger partial charge >= 0.3 is 0 Å². The van der Waals surface area contributed by atoms with Crippen molar-refractivity contribution in [3.05, 3.63) is 71.8 Å². The summed E-state index contributed by atoms with van der Waals surface area (Å²) in [6.07, 6.45) is 0. The molecular weight excluding hydrogens is 352 g/mol. The van der Waals surface area contributed by atoms with Gasteiger partial charge in [0.15, 0.2) is 0 Å². The van der Waals surface area contributed by atoms with Gasteiger partial charge in [-0.1, -0.05) is 84.3 Å². The molecule has 140 valence electrons. The minimum Gasteiger partial charge on any atom is -0.349 e. The van der Waals surface area contributed by atoms with Crippen LogP contribution in [-0.2, 0) is 19.3 Å². The van der Waals surface area contributed by atoms with Gasteiger partial charge < -0.3 is 9.47 Å². The summed E-state index contributed by atoms with van der Waals surface area (Å²) >= 11 is 1.50. The number of hydrogen-bond donors (Lipinski definition) is 0. The van der Waals surface area contributed by atoms with Crippen LogP contribution >= 0.6 is 11.8 Å². The summed E-state index contributed by atoms with van der Waals surface area (Å²) < 4.78 is 12.5. The van der Waals surface area contributed by atoms with Gasteiger partial charge in [-0.3, -0.25) is 0 Å². The lowest BCUT2D eigenvalue weighted by atomic mass is 10.1. The molecule has 0 aliphatic carbocycles. The molecule has 2 unspecified atom stereocenters. The van der Waals surface area contributed by atoms with E-state index in [9.17, 15) is 0 Å². The van der Waals surface area contributed by atoms with Gasteiger partial charge in [-0.15, -0.1) is 11.8 Å². The monoisotopic (exact) mass is 378 g/mol. The molecule has 2 aromatic carbocycles. The van der Waals surface area contributed by atoms with Gasteiger partial charge in [-0.05, 0) is 27.7 Å². The van der Waals surface area contributed by atoms with Crippen LogP contribution < -0.4 is 0 Å². The smallest absolute Gasteiger partial charge is 0.205 e. The van der Waals surface area contributed by atoms with E-state index in [1.165, 1.54) is 11.8 Å². The highest BCUT2D eigenvalue weighted by atomic mass is 32.2. The highest BCUT2D eigenvalue weighted by molar-refractivity contribution is 8.01. The van der Waals surface area contributed by atoms with Crippen molar-refractivity contribution in [1.29, 1.82) is 0 Å². The second-order valence-electron chi connectivity index (χ2n) is 5.68. The van der Waals surface area contributed by atoms with Crippen LogP contribution in [0.25, 0.3) is 0 Å². The second kappa shape index (κ2) is 10.2. The maximum absolute atomic E-state index is 6.27. The molecule has 0 radical (unpaired) electrons. The first-order chi connectivity index (χ1) is 13.2. The normalized spacial score (nSPS) is 14.7. The maximum Gasteiger partial charge on any atom is 0.205 e. The number of benzene rings is 2. The van der Waals surface area contributed by atoms with Crippen LogP contribution in [0.2, 0.25) is 0 Å². The standard InChI is InChI=1S/C24H26O2S/c1-5-19-23(25-7-3,21-15-11-9-12-16-21)27-24(20-6-2,26-8-4)22-17-13-10-14-18-22/h9-18H,7-8H2,1-4H3. The fraction of sp³-hybridized carbons (Fsp3) is 0.333. The Kier molecular flexibility index (Phi) is 8.01. The average molecular weight is 379 g/mol. The number of ether oxygens (including phenoxy) is 2. The van der Waals surface area contributed by atoms with Crippen molar-refractivity contribution in [2.75, 3.05) is 13.2 Å². The van der Waals surface area contributed by atoms with Gasteiger partial charge in [-0.25, -0.2) is 0 Å². The summed E-state index contributed by atoms with van der Waals surface area (Å²) in [5, 5.41) is 0. The first-order valence-electron chi connectivity index (χ1n) is 9.13. The van der Waals surface area contributed by atoms with Crippen molar-refractivity contribution >= 4 is 11.8 Å². The Morgan fingerprint density at radius 2 is 1.07 bits per heavy atom. The molecule has 0 N–H and O–H groups in total. The molecule has 27 heavy (non-hydrogen) atoms. The van der Waals surface area contributed by atoms with Gasteiger partial charge in [0.2, 0.25) is 9.87 Å². The quantitative estimate of drug-likeness (QED) is 0.443. The third-order valence-corrected chi connectivity index (χ3v) is 5.36. The minimum absolute atomic E-state index is 0.521. The van der Waals surface area contributed by atoms with E-state index in [1.54, 1.807) is 0 Å². The number of thioether (sulfide) groups is 1. The molecule has 2 rings (SSSR count). The SMILES string of the molecule is CC#CC(OCC)(SC(C#CC)(OCC)c1ccccc1)c1ccccc1. The van der Waals surface area contributed by atoms with Crippen LogP contribution in [0.15, 0.2) is 60.7 Å². The molecule has 0 amide bonds. The first kappa shape index (κ1) is 21.1. The summed E-state index contributed by atoms with van der Waals surface area (Å²) in [6.45, 7) is 8.65. The molecule has 0 saturated carbocycles. The van der Waals surface area contributed by atoms with Crippen LogP contribution in [0, 0.1) is 23.7 Å². The molecule has 0 aromatic heterocycles. The minimum atomic E-state index is -0.889. The predicted octanol–water partition coefficient (Wildman–Crippen LogP) is 5.55. The van der Waals surface area contributed by atoms with E-state index in [-0.39, 0.29) is 0 Å². The molecule has 2 aromatic rings. The molecule has 0 aliphatic rings. The second-order valence-corrected chi connectivity index (χ2v) is 7.04. The van der Waals surface area contributed by atoms with Gasteiger partial charge in [0.25, 0.3) is 0 Å². The van der Waals surface area contributed by atoms with E-state index >= 15 is 0 Å². The van der Waals surface area contributed by atoms with Crippen LogP contribution in [0.3, 0.4) is 0 Å². The van der Waals surface area contributed by atoms with E-state index in [4.69, 9.17) is 9.47 Å². The van der Waals surface area contributed by atoms with Crippen molar-refractivity contribution in [1.82, 2.24) is 0 Å². The molecule has 2 nitrogen and oxygen atoms in total. The fourth-order valence-electron chi connectivity index (χ4n) is 2.86. The van der Waals surface area contributed by atoms with Gasteiger partial charge in [0.05, 0.1) is 0 Å². The van der Waals surface area contributed by atoms with Gasteiger partial charge in [0.1, 0.15) is 0 Å². The molecule has 0 heterocycles.